The first-order valence-corrected chi connectivity index (χ1v) is 3.74. The summed E-state index contributed by atoms with van der Waals surface area (Å²) in [7, 11) is 0. The van der Waals surface area contributed by atoms with Gasteiger partial charge in [-0.2, -0.15) is 0 Å². The summed E-state index contributed by atoms with van der Waals surface area (Å²) < 4.78 is 10.5. The summed E-state index contributed by atoms with van der Waals surface area (Å²) in [6.45, 7) is 4.17. The second-order valence-electron chi connectivity index (χ2n) is 2.80. The fourth-order valence-corrected chi connectivity index (χ4v) is 0.932. The fourth-order valence-electron chi connectivity index (χ4n) is 0.932. The first kappa shape index (κ1) is 7.98. The predicted molar refractivity (Wildman–Crippen MR) is 38.8 cm³/mol. The molecule has 0 unspecified atom stereocenters. The first-order chi connectivity index (χ1) is 4.79. The molecule has 0 aromatic heterocycles. The molecule has 0 bridgehead atoms. The summed E-state index contributed by atoms with van der Waals surface area (Å²) in [5.74, 6) is 0. The Morgan fingerprint density at radius 1 is 1.80 bits per heavy atom. The molecule has 3 nitrogen and oxygen atoms in total. The smallest absolute Gasteiger partial charge is 0.0831 e. The Bertz CT molecular complexity index is 89.6. The summed E-state index contributed by atoms with van der Waals surface area (Å²) >= 11 is 0. The van der Waals surface area contributed by atoms with Gasteiger partial charge < -0.3 is 15.2 Å². The number of ether oxygens (including phenoxy) is 2. The van der Waals surface area contributed by atoms with Crippen LogP contribution >= 0.6 is 0 Å². The van der Waals surface area contributed by atoms with Crippen molar-refractivity contribution in [2.75, 3.05) is 19.8 Å². The standard InChI is InChI=1S/C7H15NO2/c1-6(8)4-10-7-2-3-9-5-7/h6-7H,2-5,8H2,1H3/t6-,7-/m0/s1. The van der Waals surface area contributed by atoms with Gasteiger partial charge in [0.1, 0.15) is 0 Å². The first-order valence-electron chi connectivity index (χ1n) is 3.74. The molecule has 0 radical (unpaired) electrons. The zero-order valence-corrected chi connectivity index (χ0v) is 6.38. The van der Waals surface area contributed by atoms with Gasteiger partial charge in [-0.1, -0.05) is 0 Å². The van der Waals surface area contributed by atoms with Gasteiger partial charge in [-0.05, 0) is 13.3 Å². The summed E-state index contributed by atoms with van der Waals surface area (Å²) in [5.41, 5.74) is 5.50. The van der Waals surface area contributed by atoms with Crippen LogP contribution in [-0.4, -0.2) is 32.0 Å². The molecule has 0 aliphatic carbocycles. The highest BCUT2D eigenvalue weighted by atomic mass is 16.5. The van der Waals surface area contributed by atoms with Crippen molar-refractivity contribution >= 4 is 0 Å². The molecule has 0 aromatic carbocycles. The summed E-state index contributed by atoms with van der Waals surface area (Å²) in [5, 5.41) is 0. The van der Waals surface area contributed by atoms with Crippen LogP contribution in [0.3, 0.4) is 0 Å². The molecule has 1 fully saturated rings. The van der Waals surface area contributed by atoms with Crippen molar-refractivity contribution in [3.63, 3.8) is 0 Å². The number of nitrogens with two attached hydrogens (primary N) is 1. The zero-order chi connectivity index (χ0) is 7.40. The van der Waals surface area contributed by atoms with Gasteiger partial charge in [0.05, 0.1) is 19.3 Å². The van der Waals surface area contributed by atoms with E-state index in [0.29, 0.717) is 12.7 Å². The third kappa shape index (κ3) is 2.64. The predicted octanol–water partition coefficient (Wildman–Crippen LogP) is 0.139. The topological polar surface area (TPSA) is 44.5 Å². The Balaban J connectivity index is 2.01. The Hall–Kier alpha value is -0.120. The lowest BCUT2D eigenvalue weighted by Crippen LogP contribution is -2.26. The zero-order valence-electron chi connectivity index (χ0n) is 6.38. The van der Waals surface area contributed by atoms with E-state index in [1.807, 2.05) is 6.92 Å². The van der Waals surface area contributed by atoms with Crippen molar-refractivity contribution in [1.82, 2.24) is 0 Å². The maximum absolute atomic E-state index is 5.50. The SMILES string of the molecule is C[C@H](N)CO[C@H]1CCOC1. The van der Waals surface area contributed by atoms with Crippen LogP contribution in [0.15, 0.2) is 0 Å². The summed E-state index contributed by atoms with van der Waals surface area (Å²) in [4.78, 5) is 0. The van der Waals surface area contributed by atoms with Crippen LogP contribution in [0.4, 0.5) is 0 Å². The Kier molecular flexibility index (Phi) is 3.12. The number of hydrogen-bond acceptors (Lipinski definition) is 3. The van der Waals surface area contributed by atoms with Crippen LogP contribution in [0, 0.1) is 0 Å². The van der Waals surface area contributed by atoms with Crippen LogP contribution in [0.25, 0.3) is 0 Å². The number of hydrogen-bond donors (Lipinski definition) is 1. The molecule has 10 heavy (non-hydrogen) atoms. The molecule has 2 N–H and O–H groups in total. The van der Waals surface area contributed by atoms with Gasteiger partial charge >= 0.3 is 0 Å². The van der Waals surface area contributed by atoms with E-state index < -0.39 is 0 Å². The maximum Gasteiger partial charge on any atom is 0.0831 e. The van der Waals surface area contributed by atoms with Gasteiger partial charge in [0.25, 0.3) is 0 Å². The maximum atomic E-state index is 5.50. The molecule has 2 atom stereocenters. The van der Waals surface area contributed by atoms with E-state index >= 15 is 0 Å². The van der Waals surface area contributed by atoms with Crippen LogP contribution in [0.5, 0.6) is 0 Å². The highest BCUT2D eigenvalue weighted by Crippen LogP contribution is 2.07. The van der Waals surface area contributed by atoms with E-state index in [2.05, 4.69) is 0 Å². The van der Waals surface area contributed by atoms with Crippen LogP contribution in [0.2, 0.25) is 0 Å². The lowest BCUT2D eigenvalue weighted by molar-refractivity contribution is 0.0373. The van der Waals surface area contributed by atoms with E-state index in [-0.39, 0.29) is 6.04 Å². The molecule has 0 spiro atoms. The van der Waals surface area contributed by atoms with Gasteiger partial charge in [-0.3, -0.25) is 0 Å². The molecule has 3 heteroatoms. The molecule has 1 heterocycles. The lowest BCUT2D eigenvalue weighted by Gasteiger charge is -2.11. The molecule has 1 aliphatic rings. The minimum Gasteiger partial charge on any atom is -0.379 e. The van der Waals surface area contributed by atoms with Gasteiger partial charge in [-0.25, -0.2) is 0 Å². The van der Waals surface area contributed by atoms with Crippen molar-refractivity contribution in [3.05, 3.63) is 0 Å². The molecular weight excluding hydrogens is 130 g/mol. The molecular formula is C7H15NO2. The van der Waals surface area contributed by atoms with Crippen LogP contribution in [-0.2, 0) is 9.47 Å². The van der Waals surface area contributed by atoms with Crippen LogP contribution < -0.4 is 5.73 Å². The second kappa shape index (κ2) is 3.91. The van der Waals surface area contributed by atoms with E-state index in [4.69, 9.17) is 15.2 Å². The Labute approximate surface area is 61.5 Å². The van der Waals surface area contributed by atoms with Gasteiger partial charge in [0.15, 0.2) is 0 Å². The minimum atomic E-state index is 0.139. The largest absolute Gasteiger partial charge is 0.379 e. The molecule has 0 amide bonds. The third-order valence-electron chi connectivity index (χ3n) is 1.48. The molecule has 1 rings (SSSR count). The van der Waals surface area contributed by atoms with E-state index in [0.717, 1.165) is 19.6 Å². The molecule has 1 saturated heterocycles. The molecule has 1 aliphatic heterocycles. The summed E-state index contributed by atoms with van der Waals surface area (Å²) in [6, 6.07) is 0.139. The highest BCUT2D eigenvalue weighted by Gasteiger charge is 2.15. The van der Waals surface area contributed by atoms with Gasteiger partial charge in [0, 0.05) is 12.6 Å². The highest BCUT2D eigenvalue weighted by molar-refractivity contribution is 4.64. The van der Waals surface area contributed by atoms with Crippen molar-refractivity contribution in [2.45, 2.75) is 25.5 Å². The molecule has 0 aromatic rings. The average Bonchev–Trinajstić information content (AvgIpc) is 2.34. The fraction of sp³-hybridized carbons (Fsp3) is 1.00. The van der Waals surface area contributed by atoms with Crippen LogP contribution in [0.1, 0.15) is 13.3 Å². The molecule has 60 valence electrons. The average molecular weight is 145 g/mol. The number of rotatable bonds is 3. The van der Waals surface area contributed by atoms with Gasteiger partial charge in [0.2, 0.25) is 0 Å². The lowest BCUT2D eigenvalue weighted by atomic mass is 10.3. The van der Waals surface area contributed by atoms with Crippen molar-refractivity contribution < 1.29 is 9.47 Å². The van der Waals surface area contributed by atoms with E-state index in [1.165, 1.54) is 0 Å². The van der Waals surface area contributed by atoms with Crippen molar-refractivity contribution in [3.8, 4) is 0 Å². The van der Waals surface area contributed by atoms with Gasteiger partial charge in [-0.15, -0.1) is 0 Å². The summed E-state index contributed by atoms with van der Waals surface area (Å²) in [6.07, 6.45) is 1.32. The van der Waals surface area contributed by atoms with Crippen molar-refractivity contribution in [1.29, 1.82) is 0 Å². The van der Waals surface area contributed by atoms with E-state index in [9.17, 15) is 0 Å². The monoisotopic (exact) mass is 145 g/mol. The Morgan fingerprint density at radius 3 is 3.10 bits per heavy atom. The van der Waals surface area contributed by atoms with Crippen molar-refractivity contribution in [2.24, 2.45) is 5.73 Å². The quantitative estimate of drug-likeness (QED) is 0.614. The normalized spacial score (nSPS) is 28.8. The minimum absolute atomic E-state index is 0.139. The molecule has 0 saturated carbocycles. The second-order valence-corrected chi connectivity index (χ2v) is 2.80. The third-order valence-corrected chi connectivity index (χ3v) is 1.48. The Morgan fingerprint density at radius 2 is 2.60 bits per heavy atom. The van der Waals surface area contributed by atoms with E-state index in [1.54, 1.807) is 0 Å².